The second-order valence-corrected chi connectivity index (χ2v) is 9.04. The summed E-state index contributed by atoms with van der Waals surface area (Å²) in [5.74, 6) is 0. The number of rotatable bonds is 8. The molecule has 1 aliphatic heterocycles. The van der Waals surface area contributed by atoms with Crippen LogP contribution in [0.4, 0.5) is 36.8 Å². The minimum Gasteiger partial charge on any atom is -0.466 e. The van der Waals surface area contributed by atoms with Crippen molar-refractivity contribution in [1.82, 2.24) is 4.90 Å². The van der Waals surface area contributed by atoms with E-state index < -0.39 is 42.2 Å². The third-order valence-corrected chi connectivity index (χ3v) is 6.54. The van der Waals surface area contributed by atoms with Gasteiger partial charge in [0.2, 0.25) is 0 Å². The van der Waals surface area contributed by atoms with E-state index in [1.807, 2.05) is 36.9 Å². The quantitative estimate of drug-likeness (QED) is 0.285. The number of hydrogen-bond acceptors (Lipinski definition) is 5. The molecule has 6 nitrogen and oxygen atoms in total. The van der Waals surface area contributed by atoms with Crippen molar-refractivity contribution in [1.29, 1.82) is 0 Å². The number of ether oxygens (including phenoxy) is 2. The van der Waals surface area contributed by atoms with Crippen LogP contribution in [0.25, 0.3) is 0 Å². The normalized spacial score (nSPS) is 16.4. The van der Waals surface area contributed by atoms with Gasteiger partial charge in [-0.05, 0) is 60.7 Å². The Morgan fingerprint density at radius 3 is 2.24 bits per heavy atom. The minimum absolute atomic E-state index is 0.0517. The van der Waals surface area contributed by atoms with Crippen LogP contribution in [0.5, 0.6) is 0 Å². The maximum atomic E-state index is 13.4. The van der Waals surface area contributed by atoms with Gasteiger partial charge >= 0.3 is 18.4 Å². The number of benzene rings is 2. The van der Waals surface area contributed by atoms with Crippen LogP contribution in [0.1, 0.15) is 54.1 Å². The van der Waals surface area contributed by atoms with E-state index in [2.05, 4.69) is 0 Å². The lowest BCUT2D eigenvalue weighted by molar-refractivity contribution is -0.143. The van der Waals surface area contributed by atoms with Crippen LogP contribution in [-0.2, 0) is 39.6 Å². The topological polar surface area (TPSA) is 59.1 Å². The zero-order valence-electron chi connectivity index (χ0n) is 21.0. The Morgan fingerprint density at radius 1 is 1.08 bits per heavy atom. The predicted molar refractivity (Wildman–Crippen MR) is 126 cm³/mol. The van der Waals surface area contributed by atoms with E-state index in [1.54, 1.807) is 0 Å². The van der Waals surface area contributed by atoms with Gasteiger partial charge in [-0.1, -0.05) is 19.1 Å². The average Bonchev–Trinajstić information content (AvgIpc) is 2.87. The summed E-state index contributed by atoms with van der Waals surface area (Å²) >= 11 is 0. The molecular weight excluding hydrogens is 518 g/mol. The van der Waals surface area contributed by atoms with Gasteiger partial charge in [0.1, 0.15) is 6.61 Å². The molecule has 0 saturated heterocycles. The first-order valence-corrected chi connectivity index (χ1v) is 11.9. The summed E-state index contributed by atoms with van der Waals surface area (Å²) in [4.78, 5) is 26.7. The van der Waals surface area contributed by atoms with Gasteiger partial charge in [-0.3, -0.25) is 9.69 Å². The number of methoxy groups -OCH3 is 1. The molecule has 0 aliphatic carbocycles. The van der Waals surface area contributed by atoms with Crippen molar-refractivity contribution in [3.63, 3.8) is 0 Å². The van der Waals surface area contributed by atoms with Gasteiger partial charge in [-0.15, -0.1) is 0 Å². The zero-order chi connectivity index (χ0) is 28.3. The van der Waals surface area contributed by atoms with Gasteiger partial charge in [-0.25, -0.2) is 4.79 Å². The molecule has 1 amide bonds. The molecule has 3 rings (SSSR count). The maximum absolute atomic E-state index is 13.4. The van der Waals surface area contributed by atoms with Crippen molar-refractivity contribution in [2.75, 3.05) is 25.2 Å². The molecule has 0 radical (unpaired) electrons. The van der Waals surface area contributed by atoms with Crippen LogP contribution < -0.4 is 4.90 Å². The number of hydrogen-bond donors (Lipinski definition) is 0. The summed E-state index contributed by atoms with van der Waals surface area (Å²) in [6.07, 6.45) is -9.95. The molecule has 0 aromatic heterocycles. The predicted octanol–water partition coefficient (Wildman–Crippen LogP) is 6.37. The second kappa shape index (κ2) is 11.5. The molecule has 2 aromatic carbocycles. The molecule has 38 heavy (non-hydrogen) atoms. The summed E-state index contributed by atoms with van der Waals surface area (Å²) in [5.41, 5.74) is -0.938. The molecule has 1 heterocycles. The molecular formula is C26H28F6N2O4. The van der Waals surface area contributed by atoms with E-state index in [9.17, 15) is 35.9 Å². The van der Waals surface area contributed by atoms with Crippen molar-refractivity contribution in [3.8, 4) is 0 Å². The Labute approximate surface area is 216 Å². The van der Waals surface area contributed by atoms with Crippen LogP contribution in [0.15, 0.2) is 36.4 Å². The van der Waals surface area contributed by atoms with Gasteiger partial charge < -0.3 is 14.4 Å². The van der Waals surface area contributed by atoms with E-state index in [-0.39, 0.29) is 24.3 Å². The highest BCUT2D eigenvalue weighted by atomic mass is 19.4. The third kappa shape index (κ3) is 6.51. The van der Waals surface area contributed by atoms with Crippen LogP contribution in [0, 0.1) is 0 Å². The molecule has 208 valence electrons. The van der Waals surface area contributed by atoms with Crippen molar-refractivity contribution < 1.29 is 45.4 Å². The zero-order valence-corrected chi connectivity index (χ0v) is 21.0. The highest BCUT2D eigenvalue weighted by molar-refractivity contribution is 5.70. The van der Waals surface area contributed by atoms with Gasteiger partial charge in [0.05, 0.1) is 30.3 Å². The Hall–Kier alpha value is -3.44. The third-order valence-electron chi connectivity index (χ3n) is 6.54. The molecule has 0 N–H and O–H groups in total. The Kier molecular flexibility index (Phi) is 8.83. The fraction of sp³-hybridized carbons (Fsp3) is 0.462. The van der Waals surface area contributed by atoms with Crippen molar-refractivity contribution in [2.24, 2.45) is 0 Å². The molecule has 0 saturated carbocycles. The van der Waals surface area contributed by atoms with Gasteiger partial charge in [0.15, 0.2) is 0 Å². The summed E-state index contributed by atoms with van der Waals surface area (Å²) in [5, 5.41) is 0. The van der Waals surface area contributed by atoms with Crippen LogP contribution >= 0.6 is 0 Å². The molecule has 0 spiro atoms. The highest BCUT2D eigenvalue weighted by Gasteiger charge is 2.39. The van der Waals surface area contributed by atoms with Gasteiger partial charge in [-0.2, -0.15) is 26.3 Å². The number of alkyl halides is 6. The summed E-state index contributed by atoms with van der Waals surface area (Å²) < 4.78 is 90.4. The van der Waals surface area contributed by atoms with Crippen LogP contribution in [0.2, 0.25) is 0 Å². The van der Waals surface area contributed by atoms with Crippen molar-refractivity contribution >= 4 is 18.3 Å². The number of aryl methyl sites for hydroxylation is 1. The first kappa shape index (κ1) is 29.1. The lowest BCUT2D eigenvalue weighted by Crippen LogP contribution is -2.45. The molecule has 1 aliphatic rings. The standard InChI is InChI=1S/C26H28F6N2O4/c1-4-17-5-6-22-21(11-17)23(7-8-33(22)16(2)14-38-15-35)34(24(36)37-3)13-18-9-19(25(27,28)29)12-20(10-18)26(30,31)32/h5-6,9-12,15-16,23H,4,7-8,13-14H2,1-3H3. The fourth-order valence-electron chi connectivity index (χ4n) is 4.67. The molecule has 2 unspecified atom stereocenters. The first-order valence-electron chi connectivity index (χ1n) is 11.9. The number of fused-ring (bicyclic) bond motifs is 1. The second-order valence-electron chi connectivity index (χ2n) is 9.04. The largest absolute Gasteiger partial charge is 0.466 e. The first-order chi connectivity index (χ1) is 17.8. The van der Waals surface area contributed by atoms with Gasteiger partial charge in [0.25, 0.3) is 6.47 Å². The van der Waals surface area contributed by atoms with E-state index >= 15 is 0 Å². The van der Waals surface area contributed by atoms with E-state index in [4.69, 9.17) is 9.47 Å². The van der Waals surface area contributed by atoms with E-state index in [1.165, 1.54) is 0 Å². The smallest absolute Gasteiger partial charge is 0.416 e. The lowest BCUT2D eigenvalue weighted by atomic mass is 9.91. The molecule has 0 fully saturated rings. The summed E-state index contributed by atoms with van der Waals surface area (Å²) in [6.45, 7) is 4.07. The molecule has 2 atom stereocenters. The number of halogens is 6. The minimum atomic E-state index is -5.01. The number of anilines is 1. The average molecular weight is 547 g/mol. The Morgan fingerprint density at radius 2 is 1.71 bits per heavy atom. The van der Waals surface area contributed by atoms with Gasteiger partial charge in [0, 0.05) is 18.8 Å². The van der Waals surface area contributed by atoms with Crippen molar-refractivity contribution in [2.45, 2.75) is 57.7 Å². The summed E-state index contributed by atoms with van der Waals surface area (Å²) in [7, 11) is 1.10. The van der Waals surface area contributed by atoms with Crippen molar-refractivity contribution in [3.05, 3.63) is 64.2 Å². The summed E-state index contributed by atoms with van der Waals surface area (Å²) in [6, 6.07) is 5.97. The number of nitrogens with zero attached hydrogens (tertiary/aromatic N) is 2. The van der Waals surface area contributed by atoms with Crippen LogP contribution in [-0.4, -0.2) is 43.8 Å². The Bertz CT molecular complexity index is 1120. The van der Waals surface area contributed by atoms with E-state index in [0.29, 0.717) is 43.6 Å². The monoisotopic (exact) mass is 546 g/mol. The van der Waals surface area contributed by atoms with Crippen LogP contribution in [0.3, 0.4) is 0 Å². The maximum Gasteiger partial charge on any atom is 0.416 e. The molecule has 0 bridgehead atoms. The lowest BCUT2D eigenvalue weighted by Gasteiger charge is -2.42. The SMILES string of the molecule is CCc1ccc2c(c1)C(N(Cc1cc(C(F)(F)F)cc(C(F)(F)F)c1)C(=O)OC)CCN2C(C)COC=O. The molecule has 2 aromatic rings. The molecule has 12 heteroatoms. The van der Waals surface area contributed by atoms with E-state index in [0.717, 1.165) is 23.3 Å². The number of amides is 1. The Balaban J connectivity index is 2.08. The fourth-order valence-corrected chi connectivity index (χ4v) is 4.67. The number of carbonyl (C=O) groups excluding carboxylic acids is 2. The highest BCUT2D eigenvalue weighted by Crippen LogP contribution is 2.41. The number of carbonyl (C=O) groups is 2.